The van der Waals surface area contributed by atoms with Crippen LogP contribution in [-0.2, 0) is 82.8 Å². The first-order chi connectivity index (χ1) is 26.0. The first kappa shape index (κ1) is 42.6. The van der Waals surface area contributed by atoms with Gasteiger partial charge in [-0.2, -0.15) is 0 Å². The average molecular weight is 775 g/mol. The number of carbonyl (C=O) groups excluding carboxylic acids is 7. The van der Waals surface area contributed by atoms with E-state index in [1.54, 1.807) is 0 Å². The van der Waals surface area contributed by atoms with Gasteiger partial charge in [0.1, 0.15) is 43.6 Å². The summed E-state index contributed by atoms with van der Waals surface area (Å²) in [4.78, 5) is 86.5. The third-order valence-electron chi connectivity index (χ3n) is 8.36. The van der Waals surface area contributed by atoms with Crippen LogP contribution >= 0.6 is 0 Å². The van der Waals surface area contributed by atoms with Crippen molar-refractivity contribution in [3.63, 3.8) is 0 Å². The Morgan fingerprint density at radius 2 is 1.04 bits per heavy atom. The van der Waals surface area contributed by atoms with Crippen LogP contribution in [-0.4, -0.2) is 116 Å². The molecule has 2 saturated heterocycles. The van der Waals surface area contributed by atoms with Gasteiger partial charge in [0.25, 0.3) is 0 Å². The lowest BCUT2D eigenvalue weighted by Gasteiger charge is -2.49. The fourth-order valence-electron chi connectivity index (χ4n) is 6.33. The van der Waals surface area contributed by atoms with Crippen molar-refractivity contribution < 1.29 is 76.2 Å². The van der Waals surface area contributed by atoms with Crippen molar-refractivity contribution in [3.05, 3.63) is 48.0 Å². The lowest BCUT2D eigenvalue weighted by molar-refractivity contribution is -0.331. The smallest absolute Gasteiger partial charge is 0.303 e. The molecule has 2 aromatic carbocycles. The largest absolute Gasteiger partial charge is 0.463 e. The van der Waals surface area contributed by atoms with Crippen molar-refractivity contribution in [1.29, 1.82) is 0 Å². The third kappa shape index (κ3) is 12.2. The number of hydrogen-bond donors (Lipinski definition) is 2. The lowest BCUT2D eigenvalue weighted by atomic mass is 9.93. The number of carbonyl (C=O) groups is 7. The van der Waals surface area contributed by atoms with Crippen LogP contribution in [0.25, 0.3) is 10.8 Å². The van der Waals surface area contributed by atoms with Gasteiger partial charge in [0.05, 0.1) is 6.61 Å². The van der Waals surface area contributed by atoms with Crippen LogP contribution in [0, 0.1) is 0 Å². The maximum Gasteiger partial charge on any atom is 0.303 e. The van der Waals surface area contributed by atoms with E-state index in [0.29, 0.717) is 0 Å². The van der Waals surface area contributed by atoms with Crippen LogP contribution in [0.3, 0.4) is 0 Å². The van der Waals surface area contributed by atoms with E-state index in [0.717, 1.165) is 57.9 Å². The van der Waals surface area contributed by atoms with E-state index in [9.17, 15) is 33.6 Å². The number of amides is 2. The monoisotopic (exact) mass is 774 g/mol. The second kappa shape index (κ2) is 19.4. The maximum atomic E-state index is 12.8. The topological polar surface area (TPSA) is 227 Å². The van der Waals surface area contributed by atoms with Crippen LogP contribution in [0.1, 0.15) is 54.0 Å². The van der Waals surface area contributed by atoms with E-state index >= 15 is 0 Å². The minimum Gasteiger partial charge on any atom is -0.463 e. The van der Waals surface area contributed by atoms with Crippen molar-refractivity contribution in [2.45, 2.75) is 116 Å². The predicted molar refractivity (Wildman–Crippen MR) is 186 cm³/mol. The molecule has 2 fully saturated rings. The minimum absolute atomic E-state index is 0.0473. The van der Waals surface area contributed by atoms with Crippen LogP contribution < -0.4 is 10.6 Å². The molecule has 2 heterocycles. The molecule has 0 bridgehead atoms. The van der Waals surface area contributed by atoms with Gasteiger partial charge in [-0.3, -0.25) is 33.6 Å². The SMILES string of the molecule is CC(=O)N[C@H]1[C@@H](OCc2ccc3ccccc3c2)O[C@H](COC(C)=O)[C@H](OC(C)=O)[C@@H]1O[C@@H]1O[C@H](COC(C)=O)[C@@H](OC(C)=O)[C@H](OC(C)=O)[C@H]1NC(C)=O. The van der Waals surface area contributed by atoms with E-state index in [-0.39, 0.29) is 6.61 Å². The lowest BCUT2D eigenvalue weighted by Crippen LogP contribution is -2.71. The highest BCUT2D eigenvalue weighted by Crippen LogP contribution is 2.34. The molecule has 0 unspecified atom stereocenters. The van der Waals surface area contributed by atoms with E-state index in [1.165, 1.54) is 6.92 Å². The molecule has 0 aliphatic carbocycles. The van der Waals surface area contributed by atoms with Crippen molar-refractivity contribution in [1.82, 2.24) is 10.6 Å². The van der Waals surface area contributed by atoms with Gasteiger partial charge < -0.3 is 53.3 Å². The number of fused-ring (bicyclic) bond motifs is 1. The molecule has 2 aliphatic rings. The summed E-state index contributed by atoms with van der Waals surface area (Å²) in [5.41, 5.74) is 0.732. The zero-order chi connectivity index (χ0) is 40.4. The zero-order valence-electron chi connectivity index (χ0n) is 31.5. The number of rotatable bonds is 14. The minimum atomic E-state index is -1.66. The Kier molecular flexibility index (Phi) is 15.0. The summed E-state index contributed by atoms with van der Waals surface area (Å²) in [6, 6.07) is 10.6. The normalized spacial score (nSPS) is 27.5. The van der Waals surface area contributed by atoms with Crippen LogP contribution in [0.15, 0.2) is 42.5 Å². The van der Waals surface area contributed by atoms with Gasteiger partial charge in [-0.25, -0.2) is 0 Å². The Morgan fingerprint density at radius 3 is 1.55 bits per heavy atom. The Morgan fingerprint density at radius 1 is 0.564 bits per heavy atom. The van der Waals surface area contributed by atoms with Gasteiger partial charge in [-0.1, -0.05) is 36.4 Å². The molecule has 0 aromatic heterocycles. The molecule has 4 rings (SSSR count). The van der Waals surface area contributed by atoms with E-state index in [1.807, 2.05) is 42.5 Å². The average Bonchev–Trinajstić information content (AvgIpc) is 3.09. The van der Waals surface area contributed by atoms with Gasteiger partial charge >= 0.3 is 29.8 Å². The fourth-order valence-corrected chi connectivity index (χ4v) is 6.33. The highest BCUT2D eigenvalue weighted by Gasteiger charge is 2.56. The van der Waals surface area contributed by atoms with Crippen LogP contribution in [0.4, 0.5) is 0 Å². The molecule has 0 spiro atoms. The van der Waals surface area contributed by atoms with Gasteiger partial charge in [0, 0.05) is 48.5 Å². The number of hydrogen-bond acceptors (Lipinski definition) is 16. The summed E-state index contributed by atoms with van der Waals surface area (Å²) in [6.07, 6.45) is -11.5. The second-order valence-corrected chi connectivity index (χ2v) is 13.0. The Balaban J connectivity index is 1.81. The van der Waals surface area contributed by atoms with Crippen molar-refractivity contribution >= 4 is 52.4 Å². The molecule has 0 radical (unpaired) electrons. The molecule has 2 N–H and O–H groups in total. The summed E-state index contributed by atoms with van der Waals surface area (Å²) in [5.74, 6) is -5.10. The summed E-state index contributed by atoms with van der Waals surface area (Å²) in [5, 5.41) is 7.27. The number of ether oxygens (including phenoxy) is 9. The molecule has 55 heavy (non-hydrogen) atoms. The van der Waals surface area contributed by atoms with E-state index in [4.69, 9.17) is 42.6 Å². The molecule has 18 heteroatoms. The van der Waals surface area contributed by atoms with Crippen LogP contribution in [0.2, 0.25) is 0 Å². The molecule has 18 nitrogen and oxygen atoms in total. The summed E-state index contributed by atoms with van der Waals surface area (Å²) >= 11 is 0. The predicted octanol–water partition coefficient (Wildman–Crippen LogP) is 1.12. The fraction of sp³-hybridized carbons (Fsp3) is 0.541. The molecule has 0 saturated carbocycles. The van der Waals surface area contributed by atoms with E-state index in [2.05, 4.69) is 10.6 Å². The molecule has 2 amide bonds. The molecule has 10 atom stereocenters. The second-order valence-electron chi connectivity index (χ2n) is 13.0. The molecule has 2 aromatic rings. The standard InChI is InChI=1S/C37H46N2O16/c1-18(40)38-30-35(55-37-31(39-19(2)41)34(52-24(7)46)32(50-22(5)44)29(54-37)17-48-21(4)43)33(51-23(6)45)28(16-47-20(3)42)53-36(30)49-15-25-12-13-26-10-8-9-11-27(26)14-25/h8-14,28-37H,15-17H2,1-7H3,(H,38,40)(H,39,41)/t28-,29-,30-,31-,32-,33+,34-,35-,36+,37+/m1/s1. The molecular formula is C37H46N2O16. The van der Waals surface area contributed by atoms with E-state index < -0.39 is 116 Å². The first-order valence-corrected chi connectivity index (χ1v) is 17.4. The van der Waals surface area contributed by atoms with Crippen molar-refractivity contribution in [3.8, 4) is 0 Å². The molecular weight excluding hydrogens is 728 g/mol. The maximum absolute atomic E-state index is 12.8. The summed E-state index contributed by atoms with van der Waals surface area (Å²) in [7, 11) is 0. The highest BCUT2D eigenvalue weighted by atomic mass is 16.7. The first-order valence-electron chi connectivity index (χ1n) is 17.4. The molecule has 300 valence electrons. The van der Waals surface area contributed by atoms with Gasteiger partial charge in [-0.15, -0.1) is 0 Å². The zero-order valence-corrected chi connectivity index (χ0v) is 31.5. The summed E-state index contributed by atoms with van der Waals surface area (Å²) < 4.78 is 52.5. The summed E-state index contributed by atoms with van der Waals surface area (Å²) in [6.45, 7) is 6.93. The Hall–Kier alpha value is -5.17. The quantitative estimate of drug-likeness (QED) is 0.203. The van der Waals surface area contributed by atoms with Crippen molar-refractivity contribution in [2.75, 3.05) is 13.2 Å². The highest BCUT2D eigenvalue weighted by molar-refractivity contribution is 5.83. The Bertz CT molecular complexity index is 1730. The van der Waals surface area contributed by atoms with Gasteiger partial charge in [0.15, 0.2) is 30.9 Å². The number of esters is 5. The van der Waals surface area contributed by atoms with Gasteiger partial charge in [-0.05, 0) is 22.4 Å². The third-order valence-corrected chi connectivity index (χ3v) is 8.36. The number of benzene rings is 2. The van der Waals surface area contributed by atoms with Crippen LogP contribution in [0.5, 0.6) is 0 Å². The van der Waals surface area contributed by atoms with Crippen molar-refractivity contribution in [2.24, 2.45) is 0 Å². The number of nitrogens with one attached hydrogen (secondary N) is 2. The molecule has 2 aliphatic heterocycles. The Labute approximate surface area is 316 Å². The van der Waals surface area contributed by atoms with Gasteiger partial charge in [0.2, 0.25) is 11.8 Å².